The zero-order chi connectivity index (χ0) is 13.3. The van der Waals surface area contributed by atoms with E-state index in [9.17, 15) is 9.18 Å². The molecule has 3 nitrogen and oxygen atoms in total. The van der Waals surface area contributed by atoms with Crippen LogP contribution in [0, 0.1) is 19.7 Å². The Hall–Kier alpha value is -1.27. The van der Waals surface area contributed by atoms with Crippen LogP contribution in [0.4, 0.5) is 10.1 Å². The number of benzene rings is 1. The topological polar surface area (TPSA) is 42.0 Å². The Kier molecular flexibility index (Phi) is 3.77. The van der Waals surface area contributed by atoms with Gasteiger partial charge in [0.1, 0.15) is 10.7 Å². The molecule has 1 N–H and O–H groups in total. The molecule has 2 aromatic rings. The van der Waals surface area contributed by atoms with Gasteiger partial charge in [-0.25, -0.2) is 9.37 Å². The number of carbonyl (C=O) groups is 1. The molecule has 0 spiro atoms. The highest BCUT2D eigenvalue weighted by Crippen LogP contribution is 2.25. The molecule has 1 heterocycles. The summed E-state index contributed by atoms with van der Waals surface area (Å²) >= 11 is 4.38. The standard InChI is InChI=1S/C12H10BrFN2OS/c1-6-3-9(14)8(13)4-10(6)16-12(17)11-7(2)15-5-18-11/h3-5H,1-2H3,(H,16,17). The van der Waals surface area contributed by atoms with E-state index in [1.807, 2.05) is 0 Å². The van der Waals surface area contributed by atoms with Crippen molar-refractivity contribution in [2.45, 2.75) is 13.8 Å². The van der Waals surface area contributed by atoms with E-state index in [-0.39, 0.29) is 11.7 Å². The molecule has 1 aromatic heterocycles. The molecule has 0 saturated heterocycles. The summed E-state index contributed by atoms with van der Waals surface area (Å²) in [4.78, 5) is 16.6. The van der Waals surface area contributed by atoms with E-state index in [1.165, 1.54) is 17.4 Å². The third-order valence-corrected chi connectivity index (χ3v) is 4.00. The molecule has 0 unspecified atom stereocenters. The number of nitrogens with one attached hydrogen (secondary N) is 1. The molecule has 0 saturated carbocycles. The van der Waals surface area contributed by atoms with Gasteiger partial charge in [0, 0.05) is 5.69 Å². The van der Waals surface area contributed by atoms with Crippen molar-refractivity contribution < 1.29 is 9.18 Å². The third-order valence-electron chi connectivity index (χ3n) is 2.47. The molecule has 94 valence electrons. The Bertz CT molecular complexity index is 612. The van der Waals surface area contributed by atoms with Crippen LogP contribution in [-0.4, -0.2) is 10.9 Å². The van der Waals surface area contributed by atoms with Crippen LogP contribution in [0.5, 0.6) is 0 Å². The van der Waals surface area contributed by atoms with Crippen LogP contribution in [0.15, 0.2) is 22.1 Å². The van der Waals surface area contributed by atoms with Gasteiger partial charge >= 0.3 is 0 Å². The summed E-state index contributed by atoms with van der Waals surface area (Å²) in [5.74, 6) is -0.573. The summed E-state index contributed by atoms with van der Waals surface area (Å²) in [6, 6.07) is 2.93. The fourth-order valence-electron chi connectivity index (χ4n) is 1.48. The van der Waals surface area contributed by atoms with E-state index in [1.54, 1.807) is 25.4 Å². The maximum atomic E-state index is 13.3. The van der Waals surface area contributed by atoms with Gasteiger partial charge in [0.2, 0.25) is 0 Å². The summed E-state index contributed by atoms with van der Waals surface area (Å²) < 4.78 is 13.6. The second kappa shape index (κ2) is 5.16. The number of thiazole rings is 1. The Morgan fingerprint density at radius 1 is 1.44 bits per heavy atom. The van der Waals surface area contributed by atoms with Crippen LogP contribution in [0.2, 0.25) is 0 Å². The number of anilines is 1. The molecule has 0 aliphatic rings. The van der Waals surface area contributed by atoms with Gasteiger partial charge in [0.15, 0.2) is 0 Å². The van der Waals surface area contributed by atoms with E-state index in [2.05, 4.69) is 26.2 Å². The average molecular weight is 329 g/mol. The van der Waals surface area contributed by atoms with Crippen molar-refractivity contribution in [1.29, 1.82) is 0 Å². The van der Waals surface area contributed by atoms with Crippen LogP contribution >= 0.6 is 27.3 Å². The molecule has 18 heavy (non-hydrogen) atoms. The molecule has 0 fully saturated rings. The van der Waals surface area contributed by atoms with E-state index in [0.29, 0.717) is 26.3 Å². The van der Waals surface area contributed by atoms with Gasteiger partial charge in [0.25, 0.3) is 5.91 Å². The van der Waals surface area contributed by atoms with E-state index in [4.69, 9.17) is 0 Å². The monoisotopic (exact) mass is 328 g/mol. The van der Waals surface area contributed by atoms with E-state index < -0.39 is 0 Å². The molecule has 0 bridgehead atoms. The van der Waals surface area contributed by atoms with Crippen LogP contribution in [0.25, 0.3) is 0 Å². The lowest BCUT2D eigenvalue weighted by Crippen LogP contribution is -2.12. The molecular formula is C12H10BrFN2OS. The van der Waals surface area contributed by atoms with Crippen molar-refractivity contribution in [2.75, 3.05) is 5.32 Å². The summed E-state index contributed by atoms with van der Waals surface area (Å²) in [5, 5.41) is 2.76. The van der Waals surface area contributed by atoms with Crippen molar-refractivity contribution >= 4 is 38.9 Å². The molecule has 0 radical (unpaired) electrons. The molecule has 0 atom stereocenters. The van der Waals surface area contributed by atoms with E-state index in [0.717, 1.165) is 0 Å². The lowest BCUT2D eigenvalue weighted by molar-refractivity contribution is 0.102. The van der Waals surface area contributed by atoms with Gasteiger partial charge in [-0.3, -0.25) is 4.79 Å². The zero-order valence-corrected chi connectivity index (χ0v) is 12.2. The molecule has 6 heteroatoms. The molecular weight excluding hydrogens is 319 g/mol. The fourth-order valence-corrected chi connectivity index (χ4v) is 2.52. The summed E-state index contributed by atoms with van der Waals surface area (Å²) in [6.07, 6.45) is 0. The van der Waals surface area contributed by atoms with Crippen molar-refractivity contribution in [1.82, 2.24) is 4.98 Å². The number of hydrogen-bond donors (Lipinski definition) is 1. The molecule has 1 aromatic carbocycles. The van der Waals surface area contributed by atoms with Crippen LogP contribution in [0.3, 0.4) is 0 Å². The minimum Gasteiger partial charge on any atom is -0.321 e. The SMILES string of the molecule is Cc1cc(F)c(Br)cc1NC(=O)c1scnc1C. The van der Waals surface area contributed by atoms with Crippen molar-refractivity contribution in [3.05, 3.63) is 44.1 Å². The fraction of sp³-hybridized carbons (Fsp3) is 0.167. The first kappa shape index (κ1) is 13.2. The maximum Gasteiger partial charge on any atom is 0.267 e. The Morgan fingerprint density at radius 2 is 2.17 bits per heavy atom. The first-order valence-electron chi connectivity index (χ1n) is 5.16. The second-order valence-electron chi connectivity index (χ2n) is 3.80. The Balaban J connectivity index is 2.28. The van der Waals surface area contributed by atoms with Crippen LogP contribution in [-0.2, 0) is 0 Å². The molecule has 0 aliphatic carbocycles. The average Bonchev–Trinajstić information content (AvgIpc) is 2.72. The molecule has 0 aliphatic heterocycles. The highest BCUT2D eigenvalue weighted by atomic mass is 79.9. The largest absolute Gasteiger partial charge is 0.321 e. The number of rotatable bonds is 2. The Labute approximate surface area is 116 Å². The Morgan fingerprint density at radius 3 is 2.78 bits per heavy atom. The number of aryl methyl sites for hydroxylation is 2. The predicted octanol–water partition coefficient (Wildman–Crippen LogP) is 3.91. The zero-order valence-electron chi connectivity index (χ0n) is 9.75. The van der Waals surface area contributed by atoms with Gasteiger partial charge in [-0.15, -0.1) is 11.3 Å². The second-order valence-corrected chi connectivity index (χ2v) is 5.51. The van der Waals surface area contributed by atoms with Gasteiger partial charge in [-0.1, -0.05) is 0 Å². The summed E-state index contributed by atoms with van der Waals surface area (Å²) in [6.45, 7) is 3.52. The van der Waals surface area contributed by atoms with Crippen molar-refractivity contribution in [3.8, 4) is 0 Å². The first-order chi connectivity index (χ1) is 8.49. The van der Waals surface area contributed by atoms with E-state index >= 15 is 0 Å². The number of amides is 1. The minimum absolute atomic E-state index is 0.225. The number of carbonyl (C=O) groups excluding carboxylic acids is 1. The van der Waals surface area contributed by atoms with Gasteiger partial charge in [0.05, 0.1) is 15.7 Å². The normalized spacial score (nSPS) is 10.4. The number of nitrogens with zero attached hydrogens (tertiary/aromatic N) is 1. The van der Waals surface area contributed by atoms with Crippen molar-refractivity contribution in [2.24, 2.45) is 0 Å². The predicted molar refractivity (Wildman–Crippen MR) is 73.6 cm³/mol. The minimum atomic E-state index is -0.348. The molecule has 1 amide bonds. The van der Waals surface area contributed by atoms with Crippen molar-refractivity contribution in [3.63, 3.8) is 0 Å². The van der Waals surface area contributed by atoms with Crippen LogP contribution < -0.4 is 5.32 Å². The molecule has 2 rings (SSSR count). The highest BCUT2D eigenvalue weighted by molar-refractivity contribution is 9.10. The smallest absolute Gasteiger partial charge is 0.267 e. The highest BCUT2D eigenvalue weighted by Gasteiger charge is 2.14. The summed E-state index contributed by atoms with van der Waals surface area (Å²) in [5.41, 5.74) is 3.57. The van der Waals surface area contributed by atoms with Gasteiger partial charge < -0.3 is 5.32 Å². The lowest BCUT2D eigenvalue weighted by Gasteiger charge is -2.09. The summed E-state index contributed by atoms with van der Waals surface area (Å²) in [7, 11) is 0. The van der Waals surface area contributed by atoms with Crippen LogP contribution in [0.1, 0.15) is 20.9 Å². The lowest BCUT2D eigenvalue weighted by atomic mass is 10.2. The third kappa shape index (κ3) is 2.59. The number of halogens is 2. The quantitative estimate of drug-likeness (QED) is 0.907. The maximum absolute atomic E-state index is 13.3. The number of aromatic nitrogens is 1. The van der Waals surface area contributed by atoms with Gasteiger partial charge in [-0.05, 0) is 47.5 Å². The van der Waals surface area contributed by atoms with Gasteiger partial charge in [-0.2, -0.15) is 0 Å². The first-order valence-corrected chi connectivity index (χ1v) is 6.83. The number of hydrogen-bond acceptors (Lipinski definition) is 3.